The number of halogens is 1. The summed E-state index contributed by atoms with van der Waals surface area (Å²) in [5.74, 6) is -0.296. The summed E-state index contributed by atoms with van der Waals surface area (Å²) in [4.78, 5) is 12.0. The first-order valence-corrected chi connectivity index (χ1v) is 5.78. The van der Waals surface area contributed by atoms with Gasteiger partial charge in [0.2, 0.25) is 0 Å². The summed E-state index contributed by atoms with van der Waals surface area (Å²) in [5.41, 5.74) is 1.06. The molecule has 0 aliphatic rings. The van der Waals surface area contributed by atoms with Crippen LogP contribution in [0.3, 0.4) is 0 Å². The van der Waals surface area contributed by atoms with Gasteiger partial charge in [-0.05, 0) is 42.5 Å². The second kappa shape index (κ2) is 5.42. The van der Waals surface area contributed by atoms with E-state index in [1.54, 1.807) is 6.07 Å². The maximum Gasteiger partial charge on any atom is 0.255 e. The van der Waals surface area contributed by atoms with E-state index in [0.29, 0.717) is 21.8 Å². The van der Waals surface area contributed by atoms with E-state index in [4.69, 9.17) is 22.0 Å². The number of hydrogen-bond acceptors (Lipinski definition) is 3. The third-order valence-electron chi connectivity index (χ3n) is 2.48. The molecule has 0 radical (unpaired) electrons. The molecule has 0 bridgehead atoms. The van der Waals surface area contributed by atoms with Crippen LogP contribution in [0.1, 0.15) is 15.9 Å². The molecule has 2 aromatic rings. The van der Waals surface area contributed by atoms with Gasteiger partial charge in [-0.15, -0.1) is 0 Å². The number of nitrogens with zero attached hydrogens (tertiary/aromatic N) is 1. The Kier molecular flexibility index (Phi) is 3.69. The molecular formula is C14H9ClN2O2. The van der Waals surface area contributed by atoms with Crippen LogP contribution in [0.15, 0.2) is 42.5 Å². The van der Waals surface area contributed by atoms with E-state index in [0.717, 1.165) is 0 Å². The van der Waals surface area contributed by atoms with Gasteiger partial charge in [-0.1, -0.05) is 11.6 Å². The summed E-state index contributed by atoms with van der Waals surface area (Å²) in [7, 11) is 0. The molecule has 0 aliphatic carbocycles. The highest BCUT2D eigenvalue weighted by Gasteiger charge is 2.09. The average Bonchev–Trinajstić information content (AvgIpc) is 2.39. The Balaban J connectivity index is 2.26. The monoisotopic (exact) mass is 272 g/mol. The minimum absolute atomic E-state index is 0.0806. The lowest BCUT2D eigenvalue weighted by Crippen LogP contribution is -2.12. The van der Waals surface area contributed by atoms with Gasteiger partial charge in [-0.2, -0.15) is 5.26 Å². The number of phenols is 1. The number of nitriles is 1. The minimum Gasteiger partial charge on any atom is -0.508 e. The van der Waals surface area contributed by atoms with Crippen molar-refractivity contribution in [1.82, 2.24) is 0 Å². The summed E-state index contributed by atoms with van der Waals surface area (Å²) in [6.07, 6.45) is 0. The number of anilines is 1. The molecule has 0 heterocycles. The largest absolute Gasteiger partial charge is 0.508 e. The molecule has 0 saturated heterocycles. The normalized spacial score (nSPS) is 9.68. The fourth-order valence-electron chi connectivity index (χ4n) is 1.52. The van der Waals surface area contributed by atoms with Crippen LogP contribution < -0.4 is 5.32 Å². The first kappa shape index (κ1) is 12.9. The first-order chi connectivity index (χ1) is 9.10. The fourth-order valence-corrected chi connectivity index (χ4v) is 1.70. The summed E-state index contributed by atoms with van der Waals surface area (Å²) in [5, 5.41) is 21.1. The molecule has 0 saturated carbocycles. The van der Waals surface area contributed by atoms with E-state index in [9.17, 15) is 4.79 Å². The number of aromatic hydroxyl groups is 1. The second-order valence-corrected chi connectivity index (χ2v) is 4.24. The number of phenolic OH excluding ortho intramolecular Hbond substituents is 1. The van der Waals surface area contributed by atoms with Gasteiger partial charge < -0.3 is 10.4 Å². The first-order valence-electron chi connectivity index (χ1n) is 5.40. The summed E-state index contributed by atoms with van der Waals surface area (Å²) >= 11 is 5.83. The van der Waals surface area contributed by atoms with Gasteiger partial charge in [0.05, 0.1) is 11.3 Å². The molecule has 2 rings (SSSR count). The van der Waals surface area contributed by atoms with Crippen molar-refractivity contribution in [3.8, 4) is 11.8 Å². The topological polar surface area (TPSA) is 73.1 Å². The molecule has 1 amide bonds. The number of benzene rings is 2. The molecule has 2 aromatic carbocycles. The molecule has 2 N–H and O–H groups in total. The highest BCUT2D eigenvalue weighted by molar-refractivity contribution is 6.31. The van der Waals surface area contributed by atoms with E-state index >= 15 is 0 Å². The molecule has 0 aromatic heterocycles. The van der Waals surface area contributed by atoms with Gasteiger partial charge >= 0.3 is 0 Å². The maximum absolute atomic E-state index is 12.0. The van der Waals surface area contributed by atoms with Crippen molar-refractivity contribution in [3.63, 3.8) is 0 Å². The lowest BCUT2D eigenvalue weighted by molar-refractivity contribution is 0.102. The number of carbonyl (C=O) groups is 1. The van der Waals surface area contributed by atoms with Crippen LogP contribution in [0, 0.1) is 11.3 Å². The van der Waals surface area contributed by atoms with Crippen LogP contribution in [0.25, 0.3) is 0 Å². The van der Waals surface area contributed by atoms with E-state index in [1.807, 2.05) is 6.07 Å². The van der Waals surface area contributed by atoms with Crippen molar-refractivity contribution < 1.29 is 9.90 Å². The third kappa shape index (κ3) is 3.03. The van der Waals surface area contributed by atoms with E-state index < -0.39 is 0 Å². The zero-order chi connectivity index (χ0) is 13.8. The van der Waals surface area contributed by atoms with Crippen molar-refractivity contribution in [2.45, 2.75) is 0 Å². The Hall–Kier alpha value is -2.51. The van der Waals surface area contributed by atoms with Crippen molar-refractivity contribution >= 4 is 23.2 Å². The lowest BCUT2D eigenvalue weighted by atomic mass is 10.1. The summed E-state index contributed by atoms with van der Waals surface area (Å²) in [6, 6.07) is 12.4. The number of nitrogens with one attached hydrogen (secondary N) is 1. The van der Waals surface area contributed by atoms with Crippen molar-refractivity contribution in [3.05, 3.63) is 58.6 Å². The van der Waals surface area contributed by atoms with Crippen molar-refractivity contribution in [2.75, 3.05) is 5.32 Å². The highest BCUT2D eigenvalue weighted by Crippen LogP contribution is 2.21. The van der Waals surface area contributed by atoms with E-state index in [-0.39, 0.29) is 11.7 Å². The van der Waals surface area contributed by atoms with Gasteiger partial charge in [0.1, 0.15) is 11.8 Å². The predicted octanol–water partition coefficient (Wildman–Crippen LogP) is 3.17. The minimum atomic E-state index is -0.376. The van der Waals surface area contributed by atoms with Crippen molar-refractivity contribution in [2.24, 2.45) is 0 Å². The molecule has 0 unspecified atom stereocenters. The van der Waals surface area contributed by atoms with Crippen LogP contribution in [0.2, 0.25) is 5.02 Å². The zero-order valence-electron chi connectivity index (χ0n) is 9.72. The smallest absolute Gasteiger partial charge is 0.255 e. The quantitative estimate of drug-likeness (QED) is 0.882. The predicted molar refractivity (Wildman–Crippen MR) is 72.2 cm³/mol. The van der Waals surface area contributed by atoms with E-state index in [1.165, 1.54) is 36.4 Å². The Bertz CT molecular complexity index is 660. The number of rotatable bonds is 2. The van der Waals surface area contributed by atoms with Gasteiger partial charge in [0.15, 0.2) is 0 Å². The number of hydrogen-bond donors (Lipinski definition) is 2. The molecule has 0 spiro atoms. The number of amides is 1. The SMILES string of the molecule is N#Cc1ccc(Cl)cc1NC(=O)c1ccc(O)cc1. The van der Waals surface area contributed by atoms with Gasteiger partial charge in [0.25, 0.3) is 5.91 Å². The van der Waals surface area contributed by atoms with Gasteiger partial charge in [-0.25, -0.2) is 0 Å². The molecule has 0 aliphatic heterocycles. The summed E-state index contributed by atoms with van der Waals surface area (Å²) < 4.78 is 0. The Morgan fingerprint density at radius 2 is 1.89 bits per heavy atom. The Morgan fingerprint density at radius 1 is 1.21 bits per heavy atom. The zero-order valence-corrected chi connectivity index (χ0v) is 10.5. The van der Waals surface area contributed by atoms with Gasteiger partial charge in [0, 0.05) is 10.6 Å². The molecule has 19 heavy (non-hydrogen) atoms. The van der Waals surface area contributed by atoms with E-state index in [2.05, 4.69) is 5.32 Å². The third-order valence-corrected chi connectivity index (χ3v) is 2.71. The number of carbonyl (C=O) groups excluding carboxylic acids is 1. The fraction of sp³-hybridized carbons (Fsp3) is 0. The van der Waals surface area contributed by atoms with Crippen LogP contribution in [-0.4, -0.2) is 11.0 Å². The molecule has 0 atom stereocenters. The van der Waals surface area contributed by atoms with Crippen LogP contribution in [0.4, 0.5) is 5.69 Å². The Labute approximate surface area is 114 Å². The maximum atomic E-state index is 12.0. The highest BCUT2D eigenvalue weighted by atomic mass is 35.5. The average molecular weight is 273 g/mol. The van der Waals surface area contributed by atoms with Gasteiger partial charge in [-0.3, -0.25) is 4.79 Å². The molecule has 0 fully saturated rings. The summed E-state index contributed by atoms with van der Waals surface area (Å²) in [6.45, 7) is 0. The van der Waals surface area contributed by atoms with Crippen molar-refractivity contribution in [1.29, 1.82) is 5.26 Å². The molecular weight excluding hydrogens is 264 g/mol. The molecule has 94 valence electrons. The standard InChI is InChI=1S/C14H9ClN2O2/c15-11-4-1-10(8-16)13(7-11)17-14(19)9-2-5-12(18)6-3-9/h1-7,18H,(H,17,19). The van der Waals surface area contributed by atoms with Crippen LogP contribution in [0.5, 0.6) is 5.75 Å². The second-order valence-electron chi connectivity index (χ2n) is 3.80. The molecule has 5 heteroatoms. The van der Waals surface area contributed by atoms with Crippen LogP contribution >= 0.6 is 11.6 Å². The Morgan fingerprint density at radius 3 is 2.53 bits per heavy atom. The molecule has 4 nitrogen and oxygen atoms in total. The van der Waals surface area contributed by atoms with Crippen LogP contribution in [-0.2, 0) is 0 Å². The lowest BCUT2D eigenvalue weighted by Gasteiger charge is -2.07.